The maximum atomic E-state index is 11.9. The van der Waals surface area contributed by atoms with Gasteiger partial charge < -0.3 is 14.2 Å². The number of hydrogen-bond donors (Lipinski definition) is 0. The van der Waals surface area contributed by atoms with E-state index in [0.29, 0.717) is 17.3 Å². The molecule has 0 heterocycles. The highest BCUT2D eigenvalue weighted by molar-refractivity contribution is 8.14. The maximum Gasteiger partial charge on any atom is 0.370 e. The van der Waals surface area contributed by atoms with Gasteiger partial charge in [0.25, 0.3) is 0 Å². The van der Waals surface area contributed by atoms with E-state index in [4.69, 9.17) is 14.2 Å². The number of rotatable bonds is 9. The van der Waals surface area contributed by atoms with Crippen molar-refractivity contribution in [3.05, 3.63) is 35.9 Å². The number of carbonyl (C=O) groups is 4. The number of thioether (sulfide) groups is 1. The maximum absolute atomic E-state index is 11.9. The number of ether oxygens (including phenoxy) is 3. The van der Waals surface area contributed by atoms with Crippen molar-refractivity contribution in [3.8, 4) is 0 Å². The van der Waals surface area contributed by atoms with Crippen molar-refractivity contribution in [3.63, 3.8) is 0 Å². The summed E-state index contributed by atoms with van der Waals surface area (Å²) in [6.45, 7) is 4.44. The van der Waals surface area contributed by atoms with Gasteiger partial charge in [0.05, 0.1) is 23.3 Å². The predicted molar refractivity (Wildman–Crippen MR) is 95.7 cm³/mol. The van der Waals surface area contributed by atoms with Crippen molar-refractivity contribution in [1.29, 1.82) is 0 Å². The van der Waals surface area contributed by atoms with Crippen molar-refractivity contribution < 1.29 is 33.4 Å². The Kier molecular flexibility index (Phi) is 9.43. The van der Waals surface area contributed by atoms with Crippen molar-refractivity contribution in [2.75, 3.05) is 6.79 Å². The second kappa shape index (κ2) is 11.3. The zero-order valence-electron chi connectivity index (χ0n) is 14.9. The fourth-order valence-electron chi connectivity index (χ4n) is 1.78. The second-order valence-electron chi connectivity index (χ2n) is 5.58. The summed E-state index contributed by atoms with van der Waals surface area (Å²) >= 11 is 0.667. The van der Waals surface area contributed by atoms with E-state index in [2.05, 4.69) is 0 Å². The topological polar surface area (TPSA) is 96.0 Å². The largest absolute Gasteiger partial charge is 0.463 e. The smallest absolute Gasteiger partial charge is 0.370 e. The highest BCUT2D eigenvalue weighted by Gasteiger charge is 2.20. The van der Waals surface area contributed by atoms with E-state index >= 15 is 0 Å². The first-order valence-electron chi connectivity index (χ1n) is 8.07. The van der Waals surface area contributed by atoms with Gasteiger partial charge in [-0.3, -0.25) is 9.59 Å². The molecule has 0 aromatic heterocycles. The van der Waals surface area contributed by atoms with Crippen LogP contribution < -0.4 is 0 Å². The van der Waals surface area contributed by atoms with Gasteiger partial charge in [-0.15, -0.1) is 0 Å². The summed E-state index contributed by atoms with van der Waals surface area (Å²) < 4.78 is 14.5. The first kappa shape index (κ1) is 21.7. The number of Topliss-reactive ketones (excluding diaryl/α,β-unsaturated/α-hetero) is 1. The third-order valence-corrected chi connectivity index (χ3v) is 3.97. The Labute approximate surface area is 156 Å². The van der Waals surface area contributed by atoms with Crippen LogP contribution in [0.4, 0.5) is 4.79 Å². The van der Waals surface area contributed by atoms with Gasteiger partial charge in [-0.1, -0.05) is 18.2 Å². The SMILES string of the molecule is CC(C)OC(=O)CCC(=O)C(C)SC(=O)OCOC(=O)c1ccccc1. The summed E-state index contributed by atoms with van der Waals surface area (Å²) in [6, 6.07) is 8.27. The first-order chi connectivity index (χ1) is 12.3. The van der Waals surface area contributed by atoms with E-state index < -0.39 is 29.3 Å². The lowest BCUT2D eigenvalue weighted by Gasteiger charge is -2.11. The molecule has 0 N–H and O–H groups in total. The molecule has 1 aromatic rings. The van der Waals surface area contributed by atoms with E-state index in [1.807, 2.05) is 0 Å². The minimum Gasteiger partial charge on any atom is -0.463 e. The van der Waals surface area contributed by atoms with Gasteiger partial charge in [0.1, 0.15) is 5.78 Å². The van der Waals surface area contributed by atoms with Crippen LogP contribution >= 0.6 is 11.8 Å². The zero-order chi connectivity index (χ0) is 19.5. The molecule has 0 amide bonds. The summed E-state index contributed by atoms with van der Waals surface area (Å²) in [5, 5.41) is -1.42. The molecular formula is C18H22O7S. The molecule has 0 radical (unpaired) electrons. The van der Waals surface area contributed by atoms with Crippen LogP contribution in [0.5, 0.6) is 0 Å². The lowest BCUT2D eigenvalue weighted by molar-refractivity contribution is -0.148. The Morgan fingerprint density at radius 3 is 2.23 bits per heavy atom. The molecule has 0 saturated carbocycles. The molecule has 0 bridgehead atoms. The summed E-state index contributed by atoms with van der Waals surface area (Å²) in [7, 11) is 0. The fraction of sp³-hybridized carbons (Fsp3) is 0.444. The number of benzene rings is 1. The van der Waals surface area contributed by atoms with Gasteiger partial charge in [0, 0.05) is 6.42 Å². The monoisotopic (exact) mass is 382 g/mol. The molecule has 0 aliphatic heterocycles. The molecule has 0 saturated heterocycles. The number of esters is 2. The van der Waals surface area contributed by atoms with Gasteiger partial charge >= 0.3 is 17.2 Å². The minimum atomic E-state index is -0.739. The lowest BCUT2D eigenvalue weighted by Crippen LogP contribution is -2.19. The fourth-order valence-corrected chi connectivity index (χ4v) is 2.44. The van der Waals surface area contributed by atoms with Crippen molar-refractivity contribution in [1.82, 2.24) is 0 Å². The molecule has 0 fully saturated rings. The van der Waals surface area contributed by atoms with Crippen LogP contribution in [-0.4, -0.2) is 41.2 Å². The highest BCUT2D eigenvalue weighted by Crippen LogP contribution is 2.17. The average molecular weight is 382 g/mol. The third kappa shape index (κ3) is 8.66. The molecule has 1 rings (SSSR count). The third-order valence-electron chi connectivity index (χ3n) is 3.05. The van der Waals surface area contributed by atoms with E-state index in [9.17, 15) is 19.2 Å². The van der Waals surface area contributed by atoms with E-state index in [-0.39, 0.29) is 24.7 Å². The molecule has 0 aliphatic carbocycles. The van der Waals surface area contributed by atoms with Crippen LogP contribution in [0.15, 0.2) is 30.3 Å². The minimum absolute atomic E-state index is 0.0179. The predicted octanol–water partition coefficient (Wildman–Crippen LogP) is 3.36. The molecule has 7 nitrogen and oxygen atoms in total. The van der Waals surface area contributed by atoms with Crippen LogP contribution in [0.25, 0.3) is 0 Å². The number of ketones is 1. The van der Waals surface area contributed by atoms with Crippen LogP contribution in [0.1, 0.15) is 44.0 Å². The van der Waals surface area contributed by atoms with Crippen molar-refractivity contribution in [2.45, 2.75) is 45.0 Å². The summed E-state index contributed by atoms with van der Waals surface area (Å²) in [5.41, 5.74) is 0.341. The Hall–Kier alpha value is -2.35. The van der Waals surface area contributed by atoms with Gasteiger partial charge in [0.2, 0.25) is 6.79 Å². The van der Waals surface area contributed by atoms with Crippen LogP contribution in [0, 0.1) is 0 Å². The molecule has 26 heavy (non-hydrogen) atoms. The Balaban J connectivity index is 2.26. The van der Waals surface area contributed by atoms with E-state index in [1.54, 1.807) is 44.2 Å². The summed E-state index contributed by atoms with van der Waals surface area (Å²) in [6.07, 6.45) is -0.292. The highest BCUT2D eigenvalue weighted by atomic mass is 32.2. The Bertz CT molecular complexity index is 628. The summed E-state index contributed by atoms with van der Waals surface area (Å²) in [5.74, 6) is -1.34. The normalized spacial score (nSPS) is 11.5. The molecular weight excluding hydrogens is 360 g/mol. The first-order valence-corrected chi connectivity index (χ1v) is 8.95. The molecule has 8 heteroatoms. The molecule has 142 valence electrons. The zero-order valence-corrected chi connectivity index (χ0v) is 15.7. The standard InChI is InChI=1S/C18H22O7S/c1-12(2)25-16(20)10-9-15(19)13(3)26-18(22)24-11-23-17(21)14-7-5-4-6-8-14/h4-8,12-13H,9-11H2,1-3H3. The van der Waals surface area contributed by atoms with E-state index in [1.165, 1.54) is 6.92 Å². The van der Waals surface area contributed by atoms with Gasteiger partial charge in [0.15, 0.2) is 0 Å². The molecule has 1 unspecified atom stereocenters. The quantitative estimate of drug-likeness (QED) is 0.474. The molecule has 1 aromatic carbocycles. The van der Waals surface area contributed by atoms with Gasteiger partial charge in [-0.25, -0.2) is 9.59 Å². The molecule has 0 spiro atoms. The van der Waals surface area contributed by atoms with Gasteiger partial charge in [-0.2, -0.15) is 0 Å². The number of hydrogen-bond acceptors (Lipinski definition) is 8. The Morgan fingerprint density at radius 2 is 1.62 bits per heavy atom. The lowest BCUT2D eigenvalue weighted by atomic mass is 10.2. The number of carbonyl (C=O) groups excluding carboxylic acids is 4. The van der Waals surface area contributed by atoms with Crippen molar-refractivity contribution in [2.24, 2.45) is 0 Å². The van der Waals surface area contributed by atoms with Crippen LogP contribution in [0.2, 0.25) is 0 Å². The Morgan fingerprint density at radius 1 is 0.962 bits per heavy atom. The summed E-state index contributed by atoms with van der Waals surface area (Å²) in [4.78, 5) is 46.6. The van der Waals surface area contributed by atoms with Gasteiger partial charge in [-0.05, 0) is 44.7 Å². The average Bonchev–Trinajstić information content (AvgIpc) is 2.59. The molecule has 1 atom stereocenters. The van der Waals surface area contributed by atoms with Crippen LogP contribution in [-0.2, 0) is 23.8 Å². The van der Waals surface area contributed by atoms with E-state index in [0.717, 1.165) is 0 Å². The van der Waals surface area contributed by atoms with Crippen molar-refractivity contribution >= 4 is 34.8 Å². The second-order valence-corrected chi connectivity index (χ2v) is 6.85. The molecule has 0 aliphatic rings. The van der Waals surface area contributed by atoms with Crippen LogP contribution in [0.3, 0.4) is 0 Å².